The van der Waals surface area contributed by atoms with Crippen LogP contribution in [0.5, 0.6) is 0 Å². The van der Waals surface area contributed by atoms with E-state index in [1.807, 2.05) is 30.3 Å². The van der Waals surface area contributed by atoms with Crippen molar-refractivity contribution in [2.45, 2.75) is 18.4 Å². The molecule has 0 spiro atoms. The number of hydrogen-bond donors (Lipinski definition) is 1. The summed E-state index contributed by atoms with van der Waals surface area (Å²) in [5, 5.41) is 12.4. The second kappa shape index (κ2) is 9.31. The van der Waals surface area contributed by atoms with E-state index in [9.17, 15) is 4.79 Å². The van der Waals surface area contributed by atoms with Crippen molar-refractivity contribution in [1.82, 2.24) is 10.2 Å². The van der Waals surface area contributed by atoms with E-state index < -0.39 is 0 Å². The van der Waals surface area contributed by atoms with Crippen molar-refractivity contribution in [1.29, 1.82) is 0 Å². The second-order valence-electron chi connectivity index (χ2n) is 5.72. The summed E-state index contributed by atoms with van der Waals surface area (Å²) in [5.74, 6) is 1.51. The van der Waals surface area contributed by atoms with Gasteiger partial charge in [0.15, 0.2) is 0 Å². The Kier molecular flexibility index (Phi) is 6.57. The number of thioether (sulfide) groups is 1. The fourth-order valence-corrected chi connectivity index (χ4v) is 4.08. The molecule has 0 saturated heterocycles. The zero-order chi connectivity index (χ0) is 18.2. The topological polar surface area (TPSA) is 54.9 Å². The van der Waals surface area contributed by atoms with Gasteiger partial charge in [-0.3, -0.25) is 10.1 Å². The average molecular weight is 382 g/mol. The van der Waals surface area contributed by atoms with Crippen LogP contribution in [-0.2, 0) is 16.3 Å². The van der Waals surface area contributed by atoms with Gasteiger partial charge < -0.3 is 0 Å². The van der Waals surface area contributed by atoms with Gasteiger partial charge in [-0.1, -0.05) is 71.5 Å². The lowest BCUT2D eigenvalue weighted by molar-refractivity contribution is -0.111. The summed E-state index contributed by atoms with van der Waals surface area (Å²) in [6.07, 6.45) is 3.28. The Morgan fingerprint density at radius 2 is 1.96 bits per heavy atom. The molecule has 3 rings (SSSR count). The number of anilines is 1. The van der Waals surface area contributed by atoms with Crippen molar-refractivity contribution in [2.75, 3.05) is 5.32 Å². The Balaban J connectivity index is 1.47. The van der Waals surface area contributed by atoms with Crippen LogP contribution in [0.2, 0.25) is 0 Å². The molecule has 0 aliphatic carbocycles. The van der Waals surface area contributed by atoms with E-state index in [0.717, 1.165) is 22.1 Å². The molecule has 0 saturated carbocycles. The summed E-state index contributed by atoms with van der Waals surface area (Å²) in [5.41, 5.74) is 3.56. The van der Waals surface area contributed by atoms with Crippen molar-refractivity contribution in [3.8, 4) is 0 Å². The first-order valence-electron chi connectivity index (χ1n) is 8.19. The first kappa shape index (κ1) is 18.4. The molecule has 0 atom stereocenters. The third-order valence-corrected chi connectivity index (χ3v) is 5.54. The van der Waals surface area contributed by atoms with Gasteiger partial charge in [0.1, 0.15) is 5.01 Å². The van der Waals surface area contributed by atoms with Crippen LogP contribution in [0.3, 0.4) is 0 Å². The maximum atomic E-state index is 12.0. The maximum absolute atomic E-state index is 12.0. The molecule has 0 fully saturated rings. The molecule has 4 nitrogen and oxygen atoms in total. The largest absolute Gasteiger partial charge is 0.297 e. The number of carbonyl (C=O) groups excluding carboxylic acids is 1. The summed E-state index contributed by atoms with van der Waals surface area (Å²) in [6, 6.07) is 18.2. The Bertz CT molecular complexity index is 891. The molecule has 0 radical (unpaired) electrons. The Morgan fingerprint density at radius 1 is 1.12 bits per heavy atom. The zero-order valence-corrected chi connectivity index (χ0v) is 16.0. The van der Waals surface area contributed by atoms with Crippen LogP contribution in [0.15, 0.2) is 60.7 Å². The summed E-state index contributed by atoms with van der Waals surface area (Å²) in [7, 11) is 0. The number of carbonyl (C=O) groups is 1. The van der Waals surface area contributed by atoms with Gasteiger partial charge in [-0.15, -0.1) is 22.0 Å². The molecule has 2 aromatic carbocycles. The van der Waals surface area contributed by atoms with Crippen molar-refractivity contribution < 1.29 is 4.79 Å². The smallest absolute Gasteiger partial charge is 0.250 e. The number of nitrogens with zero attached hydrogens (tertiary/aromatic N) is 2. The molecule has 0 aliphatic heterocycles. The van der Waals surface area contributed by atoms with E-state index in [1.54, 1.807) is 17.8 Å². The minimum Gasteiger partial charge on any atom is -0.297 e. The lowest BCUT2D eigenvalue weighted by atomic mass is 10.2. The third-order valence-electron chi connectivity index (χ3n) is 3.50. The van der Waals surface area contributed by atoms with E-state index in [-0.39, 0.29) is 5.91 Å². The quantitative estimate of drug-likeness (QED) is 0.590. The van der Waals surface area contributed by atoms with Crippen LogP contribution in [0.4, 0.5) is 5.13 Å². The predicted molar refractivity (Wildman–Crippen MR) is 110 cm³/mol. The van der Waals surface area contributed by atoms with Crippen molar-refractivity contribution >= 4 is 40.2 Å². The molecular formula is C20H19N3OS2. The SMILES string of the molecule is Cc1cccc(CSCc2nnc(NC(=O)C=Cc3ccccc3)s2)c1. The Morgan fingerprint density at radius 3 is 2.77 bits per heavy atom. The normalized spacial score (nSPS) is 11.0. The van der Waals surface area contributed by atoms with Crippen LogP contribution < -0.4 is 5.32 Å². The number of aromatic nitrogens is 2. The standard InChI is InChI=1S/C20H19N3OS2/c1-15-6-5-9-17(12-15)13-25-14-19-22-23-20(26-19)21-18(24)11-10-16-7-3-2-4-8-16/h2-12H,13-14H2,1H3,(H,21,23,24). The molecule has 1 heterocycles. The van der Waals surface area contributed by atoms with Gasteiger partial charge in [0.05, 0.1) is 0 Å². The number of hydrogen-bond acceptors (Lipinski definition) is 5. The van der Waals surface area contributed by atoms with E-state index in [4.69, 9.17) is 0 Å². The van der Waals surface area contributed by atoms with E-state index >= 15 is 0 Å². The summed E-state index contributed by atoms with van der Waals surface area (Å²) in [4.78, 5) is 12.0. The number of nitrogens with one attached hydrogen (secondary N) is 1. The molecule has 0 aliphatic rings. The van der Waals surface area contributed by atoms with Gasteiger partial charge in [0.25, 0.3) is 0 Å². The molecule has 26 heavy (non-hydrogen) atoms. The molecule has 1 aromatic heterocycles. The average Bonchev–Trinajstić information content (AvgIpc) is 3.08. The van der Waals surface area contributed by atoms with Gasteiger partial charge in [-0.2, -0.15) is 0 Å². The Hall–Kier alpha value is -2.44. The predicted octanol–water partition coefficient (Wildman–Crippen LogP) is 4.93. The third kappa shape index (κ3) is 5.82. The summed E-state index contributed by atoms with van der Waals surface area (Å²) < 4.78 is 0. The molecule has 1 N–H and O–H groups in total. The minimum absolute atomic E-state index is 0.205. The highest BCUT2D eigenvalue weighted by molar-refractivity contribution is 7.97. The fourth-order valence-electron chi connectivity index (χ4n) is 2.30. The van der Waals surface area contributed by atoms with Crippen LogP contribution in [0.25, 0.3) is 6.08 Å². The number of rotatable bonds is 7. The zero-order valence-electron chi connectivity index (χ0n) is 14.4. The van der Waals surface area contributed by atoms with Gasteiger partial charge in [0.2, 0.25) is 11.0 Å². The van der Waals surface area contributed by atoms with Gasteiger partial charge in [-0.25, -0.2) is 0 Å². The highest BCUT2D eigenvalue weighted by Gasteiger charge is 2.06. The molecule has 6 heteroatoms. The molecule has 1 amide bonds. The van der Waals surface area contributed by atoms with Crippen LogP contribution >= 0.6 is 23.1 Å². The highest BCUT2D eigenvalue weighted by atomic mass is 32.2. The summed E-state index contributed by atoms with van der Waals surface area (Å²) >= 11 is 3.20. The fraction of sp³-hybridized carbons (Fsp3) is 0.150. The first-order valence-corrected chi connectivity index (χ1v) is 10.2. The lowest BCUT2D eigenvalue weighted by Crippen LogP contribution is -2.07. The van der Waals surface area contributed by atoms with E-state index in [1.165, 1.54) is 28.5 Å². The Labute approximate surface area is 161 Å². The number of amides is 1. The monoisotopic (exact) mass is 381 g/mol. The van der Waals surface area contributed by atoms with Crippen molar-refractivity contribution in [3.05, 3.63) is 82.4 Å². The van der Waals surface area contributed by atoms with Crippen LogP contribution in [0, 0.1) is 6.92 Å². The molecule has 132 valence electrons. The van der Waals surface area contributed by atoms with Gasteiger partial charge in [-0.05, 0) is 24.1 Å². The van der Waals surface area contributed by atoms with Gasteiger partial charge >= 0.3 is 0 Å². The number of aryl methyl sites for hydroxylation is 1. The van der Waals surface area contributed by atoms with E-state index in [2.05, 4.69) is 46.7 Å². The van der Waals surface area contributed by atoms with Gasteiger partial charge in [0, 0.05) is 17.6 Å². The highest BCUT2D eigenvalue weighted by Crippen LogP contribution is 2.23. The van der Waals surface area contributed by atoms with Crippen LogP contribution in [-0.4, -0.2) is 16.1 Å². The van der Waals surface area contributed by atoms with Crippen molar-refractivity contribution in [3.63, 3.8) is 0 Å². The lowest BCUT2D eigenvalue weighted by Gasteiger charge is -2.01. The number of benzene rings is 2. The molecule has 0 unspecified atom stereocenters. The first-order chi connectivity index (χ1) is 12.7. The second-order valence-corrected chi connectivity index (χ2v) is 7.76. The summed E-state index contributed by atoms with van der Waals surface area (Å²) in [6.45, 7) is 2.10. The van der Waals surface area contributed by atoms with Crippen molar-refractivity contribution in [2.24, 2.45) is 0 Å². The maximum Gasteiger partial charge on any atom is 0.250 e. The molecule has 0 bridgehead atoms. The van der Waals surface area contributed by atoms with Crippen LogP contribution in [0.1, 0.15) is 21.7 Å². The molecule has 3 aromatic rings. The minimum atomic E-state index is -0.205. The van der Waals surface area contributed by atoms with E-state index in [0.29, 0.717) is 5.13 Å². The molecular weight excluding hydrogens is 362 g/mol.